The smallest absolute Gasteiger partial charge is 0.124 e. The molecule has 2 rings (SSSR count). The van der Waals surface area contributed by atoms with E-state index >= 15 is 0 Å². The monoisotopic (exact) mass is 261 g/mol. The van der Waals surface area contributed by atoms with E-state index in [1.807, 2.05) is 43.0 Å². The van der Waals surface area contributed by atoms with Crippen molar-refractivity contribution in [1.82, 2.24) is 9.78 Å². The maximum atomic E-state index is 5.24. The Bertz CT molecular complexity index is 542. The molecule has 0 aliphatic heterocycles. The second-order valence-corrected chi connectivity index (χ2v) is 4.37. The number of benzene rings is 1. The minimum absolute atomic E-state index is 0.718. The lowest BCUT2D eigenvalue weighted by atomic mass is 10.2. The summed E-state index contributed by atoms with van der Waals surface area (Å²) in [5, 5.41) is 7.67. The van der Waals surface area contributed by atoms with Gasteiger partial charge < -0.3 is 14.8 Å². The molecule has 0 bridgehead atoms. The van der Waals surface area contributed by atoms with Gasteiger partial charge in [-0.25, -0.2) is 0 Å². The van der Waals surface area contributed by atoms with E-state index in [4.69, 9.17) is 9.47 Å². The maximum absolute atomic E-state index is 5.24. The van der Waals surface area contributed by atoms with Crippen molar-refractivity contribution in [1.29, 1.82) is 0 Å². The SMILES string of the molecule is COc1cc(NCc2cn(C)nc2C)cc(OC)c1. The van der Waals surface area contributed by atoms with Gasteiger partial charge in [-0.15, -0.1) is 0 Å². The average Bonchev–Trinajstić information content (AvgIpc) is 2.74. The summed E-state index contributed by atoms with van der Waals surface area (Å²) in [6, 6.07) is 5.73. The third-order valence-electron chi connectivity index (χ3n) is 2.95. The first kappa shape index (κ1) is 13.3. The minimum Gasteiger partial charge on any atom is -0.497 e. The lowest BCUT2D eigenvalue weighted by molar-refractivity contribution is 0.394. The predicted molar refractivity (Wildman–Crippen MR) is 74.8 cm³/mol. The van der Waals surface area contributed by atoms with E-state index in [9.17, 15) is 0 Å². The fraction of sp³-hybridized carbons (Fsp3) is 0.357. The summed E-state index contributed by atoms with van der Waals surface area (Å²) < 4.78 is 12.3. The topological polar surface area (TPSA) is 48.3 Å². The number of hydrogen-bond donors (Lipinski definition) is 1. The molecule has 1 aromatic heterocycles. The summed E-state index contributed by atoms with van der Waals surface area (Å²) in [6.07, 6.45) is 2.01. The van der Waals surface area contributed by atoms with E-state index in [-0.39, 0.29) is 0 Å². The molecule has 1 aromatic carbocycles. The van der Waals surface area contributed by atoms with Gasteiger partial charge in [-0.3, -0.25) is 4.68 Å². The van der Waals surface area contributed by atoms with E-state index < -0.39 is 0 Å². The number of methoxy groups -OCH3 is 2. The summed E-state index contributed by atoms with van der Waals surface area (Å²) in [6.45, 7) is 2.72. The van der Waals surface area contributed by atoms with Crippen molar-refractivity contribution >= 4 is 5.69 Å². The summed E-state index contributed by atoms with van der Waals surface area (Å²) in [7, 11) is 5.21. The maximum Gasteiger partial charge on any atom is 0.124 e. The van der Waals surface area contributed by atoms with Crippen molar-refractivity contribution in [3.8, 4) is 11.5 Å². The molecule has 0 spiro atoms. The largest absolute Gasteiger partial charge is 0.497 e. The molecule has 0 radical (unpaired) electrons. The number of rotatable bonds is 5. The number of anilines is 1. The Hall–Kier alpha value is -2.17. The molecule has 0 atom stereocenters. The van der Waals surface area contributed by atoms with Gasteiger partial charge in [-0.1, -0.05) is 0 Å². The Morgan fingerprint density at radius 2 is 1.79 bits per heavy atom. The van der Waals surface area contributed by atoms with Gasteiger partial charge in [0.15, 0.2) is 0 Å². The van der Waals surface area contributed by atoms with Gasteiger partial charge in [0.2, 0.25) is 0 Å². The molecule has 0 amide bonds. The highest BCUT2D eigenvalue weighted by Crippen LogP contribution is 2.26. The Labute approximate surface area is 113 Å². The first-order valence-corrected chi connectivity index (χ1v) is 6.08. The molecule has 0 aliphatic rings. The van der Waals surface area contributed by atoms with Crippen molar-refractivity contribution in [2.45, 2.75) is 13.5 Å². The zero-order chi connectivity index (χ0) is 13.8. The Morgan fingerprint density at radius 3 is 2.26 bits per heavy atom. The highest BCUT2D eigenvalue weighted by molar-refractivity contribution is 5.54. The minimum atomic E-state index is 0.718. The molecule has 0 aliphatic carbocycles. The van der Waals surface area contributed by atoms with Crippen molar-refractivity contribution in [2.75, 3.05) is 19.5 Å². The van der Waals surface area contributed by atoms with Crippen LogP contribution >= 0.6 is 0 Å². The van der Waals surface area contributed by atoms with Crippen LogP contribution in [0.1, 0.15) is 11.3 Å². The van der Waals surface area contributed by atoms with Crippen LogP contribution in [0.15, 0.2) is 24.4 Å². The summed E-state index contributed by atoms with van der Waals surface area (Å²) >= 11 is 0. The third-order valence-corrected chi connectivity index (χ3v) is 2.95. The molecule has 0 saturated heterocycles. The van der Waals surface area contributed by atoms with E-state index in [2.05, 4.69) is 10.4 Å². The van der Waals surface area contributed by atoms with Crippen LogP contribution in [-0.2, 0) is 13.6 Å². The molecule has 2 aromatic rings. The van der Waals surface area contributed by atoms with Crippen LogP contribution in [0.25, 0.3) is 0 Å². The van der Waals surface area contributed by atoms with Crippen LogP contribution in [0.2, 0.25) is 0 Å². The summed E-state index contributed by atoms with van der Waals surface area (Å²) in [5.74, 6) is 1.54. The molecule has 0 fully saturated rings. The molecular formula is C14H19N3O2. The molecule has 102 valence electrons. The molecule has 1 N–H and O–H groups in total. The number of aromatic nitrogens is 2. The van der Waals surface area contributed by atoms with Crippen LogP contribution in [-0.4, -0.2) is 24.0 Å². The van der Waals surface area contributed by atoms with E-state index in [1.165, 1.54) is 5.56 Å². The summed E-state index contributed by atoms with van der Waals surface area (Å²) in [5.41, 5.74) is 3.16. The lowest BCUT2D eigenvalue weighted by Crippen LogP contribution is -2.00. The zero-order valence-corrected chi connectivity index (χ0v) is 11.7. The standard InChI is InChI=1S/C14H19N3O2/c1-10-11(9-17(2)16-10)8-15-12-5-13(18-3)7-14(6-12)19-4/h5-7,9,15H,8H2,1-4H3. The number of aryl methyl sites for hydroxylation is 2. The van der Waals surface area contributed by atoms with Crippen molar-refractivity contribution in [2.24, 2.45) is 7.05 Å². The van der Waals surface area contributed by atoms with Gasteiger partial charge in [-0.2, -0.15) is 5.10 Å². The zero-order valence-electron chi connectivity index (χ0n) is 11.7. The fourth-order valence-electron chi connectivity index (χ4n) is 1.93. The highest BCUT2D eigenvalue weighted by atomic mass is 16.5. The molecule has 5 heteroatoms. The Balaban J connectivity index is 2.12. The van der Waals surface area contributed by atoms with E-state index in [0.717, 1.165) is 29.4 Å². The number of hydrogen-bond acceptors (Lipinski definition) is 4. The second-order valence-electron chi connectivity index (χ2n) is 4.37. The van der Waals surface area contributed by atoms with Gasteiger partial charge in [0.1, 0.15) is 11.5 Å². The predicted octanol–water partition coefficient (Wildman–Crippen LogP) is 2.36. The van der Waals surface area contributed by atoms with Crippen molar-refractivity contribution in [3.63, 3.8) is 0 Å². The Morgan fingerprint density at radius 1 is 1.16 bits per heavy atom. The van der Waals surface area contributed by atoms with Gasteiger partial charge >= 0.3 is 0 Å². The normalized spacial score (nSPS) is 10.3. The first-order chi connectivity index (χ1) is 9.12. The van der Waals surface area contributed by atoms with Gasteiger partial charge in [0.25, 0.3) is 0 Å². The molecule has 19 heavy (non-hydrogen) atoms. The number of nitrogens with zero attached hydrogens (tertiary/aromatic N) is 2. The molecular weight excluding hydrogens is 242 g/mol. The fourth-order valence-corrected chi connectivity index (χ4v) is 1.93. The van der Waals surface area contributed by atoms with Crippen molar-refractivity contribution in [3.05, 3.63) is 35.7 Å². The average molecular weight is 261 g/mol. The van der Waals surface area contributed by atoms with E-state index in [0.29, 0.717) is 0 Å². The highest BCUT2D eigenvalue weighted by Gasteiger charge is 2.05. The number of nitrogens with one attached hydrogen (secondary N) is 1. The Kier molecular flexibility index (Phi) is 3.94. The lowest BCUT2D eigenvalue weighted by Gasteiger charge is -2.10. The van der Waals surface area contributed by atoms with Crippen LogP contribution in [0.5, 0.6) is 11.5 Å². The van der Waals surface area contributed by atoms with Crippen LogP contribution < -0.4 is 14.8 Å². The van der Waals surface area contributed by atoms with Crippen LogP contribution in [0, 0.1) is 6.92 Å². The van der Waals surface area contributed by atoms with Crippen LogP contribution in [0.4, 0.5) is 5.69 Å². The van der Waals surface area contributed by atoms with E-state index in [1.54, 1.807) is 14.2 Å². The molecule has 0 saturated carbocycles. The third kappa shape index (κ3) is 3.19. The first-order valence-electron chi connectivity index (χ1n) is 6.08. The molecule has 1 heterocycles. The quantitative estimate of drug-likeness (QED) is 0.897. The second kappa shape index (κ2) is 5.65. The summed E-state index contributed by atoms with van der Waals surface area (Å²) in [4.78, 5) is 0. The van der Waals surface area contributed by atoms with Crippen LogP contribution in [0.3, 0.4) is 0 Å². The number of ether oxygens (including phenoxy) is 2. The molecule has 5 nitrogen and oxygen atoms in total. The molecule has 0 unspecified atom stereocenters. The van der Waals surface area contributed by atoms with Gasteiger partial charge in [-0.05, 0) is 6.92 Å². The van der Waals surface area contributed by atoms with Gasteiger partial charge in [0, 0.05) is 49.2 Å². The van der Waals surface area contributed by atoms with Gasteiger partial charge in [0.05, 0.1) is 19.9 Å². The van der Waals surface area contributed by atoms with Crippen molar-refractivity contribution < 1.29 is 9.47 Å².